The Morgan fingerprint density at radius 1 is 1.22 bits per heavy atom. The van der Waals surface area contributed by atoms with Crippen molar-refractivity contribution in [1.29, 1.82) is 0 Å². The monoisotopic (exact) mass is 387 g/mol. The summed E-state index contributed by atoms with van der Waals surface area (Å²) in [4.78, 5) is 21.1. The van der Waals surface area contributed by atoms with E-state index >= 15 is 0 Å². The Hall–Kier alpha value is -0.940. The van der Waals surface area contributed by atoms with E-state index in [1.165, 1.54) is 69.2 Å². The number of carbonyl (C=O) groups is 1. The van der Waals surface area contributed by atoms with E-state index in [4.69, 9.17) is 0 Å². The summed E-state index contributed by atoms with van der Waals surface area (Å²) in [5.41, 5.74) is 0.308. The zero-order valence-electron chi connectivity index (χ0n) is 16.6. The molecule has 4 aliphatic carbocycles. The lowest BCUT2D eigenvalue weighted by molar-refractivity contribution is -0.124. The highest BCUT2D eigenvalue weighted by atomic mass is 32.1. The van der Waals surface area contributed by atoms with Gasteiger partial charge in [0.2, 0.25) is 5.91 Å². The van der Waals surface area contributed by atoms with E-state index in [9.17, 15) is 4.79 Å². The Balaban J connectivity index is 1.18. The van der Waals surface area contributed by atoms with Crippen molar-refractivity contribution in [2.75, 3.05) is 11.9 Å². The third-order valence-corrected chi connectivity index (χ3v) is 8.70. The molecule has 1 atom stereocenters. The van der Waals surface area contributed by atoms with Gasteiger partial charge in [-0.05, 0) is 88.0 Å². The number of hydrogen-bond acceptors (Lipinski definition) is 4. The molecule has 1 aromatic rings. The third kappa shape index (κ3) is 3.82. The van der Waals surface area contributed by atoms with Gasteiger partial charge < -0.3 is 5.32 Å². The average molecular weight is 388 g/mol. The van der Waals surface area contributed by atoms with Gasteiger partial charge in [-0.25, -0.2) is 4.98 Å². The van der Waals surface area contributed by atoms with Crippen molar-refractivity contribution in [2.24, 2.45) is 23.2 Å². The zero-order chi connectivity index (χ0) is 18.4. The van der Waals surface area contributed by atoms with E-state index in [1.807, 2.05) is 6.20 Å². The molecule has 5 heteroatoms. The van der Waals surface area contributed by atoms with Gasteiger partial charge in [-0.2, -0.15) is 0 Å². The molecule has 0 aromatic carbocycles. The number of carbonyl (C=O) groups excluding carboxylic acids is 1. The number of rotatable bonds is 5. The van der Waals surface area contributed by atoms with Gasteiger partial charge in [0.15, 0.2) is 5.13 Å². The number of likely N-dealkylation sites (tertiary alicyclic amines) is 1. The molecular formula is C22H33N3OS. The van der Waals surface area contributed by atoms with Crippen molar-refractivity contribution in [3.05, 3.63) is 11.1 Å². The maximum Gasteiger partial charge on any atom is 0.226 e. The molecule has 1 aliphatic heterocycles. The second-order valence-corrected chi connectivity index (χ2v) is 11.2. The van der Waals surface area contributed by atoms with Crippen LogP contribution in [0.15, 0.2) is 6.20 Å². The molecule has 6 rings (SSSR count). The fraction of sp³-hybridized carbons (Fsp3) is 0.818. The van der Waals surface area contributed by atoms with E-state index in [2.05, 4.69) is 22.1 Å². The second-order valence-electron chi connectivity index (χ2n) is 10.1. The summed E-state index contributed by atoms with van der Waals surface area (Å²) in [5.74, 6) is 2.91. The van der Waals surface area contributed by atoms with Crippen LogP contribution in [0.25, 0.3) is 0 Å². The van der Waals surface area contributed by atoms with Crippen molar-refractivity contribution >= 4 is 22.4 Å². The molecule has 4 bridgehead atoms. The molecular weight excluding hydrogens is 354 g/mol. The molecule has 1 aromatic heterocycles. The van der Waals surface area contributed by atoms with Gasteiger partial charge in [0, 0.05) is 30.1 Å². The quantitative estimate of drug-likeness (QED) is 0.768. The Morgan fingerprint density at radius 3 is 2.59 bits per heavy atom. The number of nitrogens with zero attached hydrogens (tertiary/aromatic N) is 2. The molecule has 1 unspecified atom stereocenters. The summed E-state index contributed by atoms with van der Waals surface area (Å²) in [7, 11) is 0. The van der Waals surface area contributed by atoms with Crippen molar-refractivity contribution < 1.29 is 4.79 Å². The molecule has 4 nitrogen and oxygen atoms in total. The predicted molar refractivity (Wildman–Crippen MR) is 110 cm³/mol. The van der Waals surface area contributed by atoms with E-state index < -0.39 is 0 Å². The second kappa shape index (κ2) is 7.14. The normalized spacial score (nSPS) is 38.3. The molecule has 1 N–H and O–H groups in total. The standard InChI is InChI=1S/C22H33N3OS/c1-15-4-2-3-5-25(15)14-19-13-23-21(27-19)24-20(26)12-22-9-16-6-17(10-22)8-18(7-16)11-22/h13,15-18H,2-12,14H2,1H3,(H,23,24,26). The van der Waals surface area contributed by atoms with Gasteiger partial charge in [-0.15, -0.1) is 11.3 Å². The fourth-order valence-corrected chi connectivity index (χ4v) is 7.90. The van der Waals surface area contributed by atoms with Gasteiger partial charge in [-0.1, -0.05) is 6.42 Å². The highest BCUT2D eigenvalue weighted by Crippen LogP contribution is 2.61. The highest BCUT2D eigenvalue weighted by Gasteiger charge is 2.51. The first kappa shape index (κ1) is 18.1. The van der Waals surface area contributed by atoms with Crippen molar-refractivity contribution in [3.63, 3.8) is 0 Å². The SMILES string of the molecule is CC1CCCCN1Cc1cnc(NC(=O)CC23CC4CC(CC(C4)C2)C3)s1. The van der Waals surface area contributed by atoms with E-state index in [-0.39, 0.29) is 5.91 Å². The lowest BCUT2D eigenvalue weighted by Gasteiger charge is -2.56. The minimum atomic E-state index is 0.198. The molecule has 0 spiro atoms. The smallest absolute Gasteiger partial charge is 0.226 e. The third-order valence-electron chi connectivity index (χ3n) is 7.80. The van der Waals surface area contributed by atoms with Crippen LogP contribution in [0.5, 0.6) is 0 Å². The maximum absolute atomic E-state index is 12.8. The first-order valence-electron chi connectivity index (χ1n) is 11.1. The Morgan fingerprint density at radius 2 is 1.93 bits per heavy atom. The fourth-order valence-electron chi connectivity index (χ4n) is 7.04. The summed E-state index contributed by atoms with van der Waals surface area (Å²) in [5, 5.41) is 3.93. The summed E-state index contributed by atoms with van der Waals surface area (Å²) in [6.07, 6.45) is 14.8. The molecule has 5 aliphatic rings. The van der Waals surface area contributed by atoms with E-state index in [0.29, 0.717) is 17.9 Å². The van der Waals surface area contributed by atoms with Gasteiger partial charge in [0.05, 0.1) is 0 Å². The number of thiazole rings is 1. The molecule has 5 fully saturated rings. The Kier molecular flexibility index (Phi) is 4.79. The largest absolute Gasteiger partial charge is 0.302 e. The van der Waals surface area contributed by atoms with Crippen LogP contribution in [-0.4, -0.2) is 28.4 Å². The van der Waals surface area contributed by atoms with Crippen LogP contribution in [-0.2, 0) is 11.3 Å². The topological polar surface area (TPSA) is 45.2 Å². The molecule has 4 saturated carbocycles. The Bertz CT molecular complexity index is 664. The van der Waals surface area contributed by atoms with Crippen molar-refractivity contribution in [1.82, 2.24) is 9.88 Å². The van der Waals surface area contributed by atoms with Crippen LogP contribution in [0.3, 0.4) is 0 Å². The first-order chi connectivity index (χ1) is 13.1. The average Bonchev–Trinajstić information content (AvgIpc) is 3.02. The molecule has 0 radical (unpaired) electrons. The number of anilines is 1. The van der Waals surface area contributed by atoms with Gasteiger partial charge in [0.25, 0.3) is 0 Å². The minimum Gasteiger partial charge on any atom is -0.302 e. The number of hydrogen-bond donors (Lipinski definition) is 1. The number of amides is 1. The van der Waals surface area contributed by atoms with Crippen LogP contribution in [0, 0.1) is 23.2 Å². The molecule has 27 heavy (non-hydrogen) atoms. The Labute approximate surface area is 167 Å². The number of nitrogens with one attached hydrogen (secondary N) is 1. The number of piperidine rings is 1. The molecule has 148 valence electrons. The molecule has 1 amide bonds. The highest BCUT2D eigenvalue weighted by molar-refractivity contribution is 7.15. The predicted octanol–water partition coefficient (Wildman–Crippen LogP) is 5.06. The van der Waals surface area contributed by atoms with E-state index in [1.54, 1.807) is 11.3 Å². The molecule has 2 heterocycles. The van der Waals surface area contributed by atoms with Crippen LogP contribution >= 0.6 is 11.3 Å². The summed E-state index contributed by atoms with van der Waals surface area (Å²) in [6.45, 7) is 4.49. The van der Waals surface area contributed by atoms with Crippen molar-refractivity contribution in [3.8, 4) is 0 Å². The van der Waals surface area contributed by atoms with E-state index in [0.717, 1.165) is 29.4 Å². The summed E-state index contributed by atoms with van der Waals surface area (Å²) < 4.78 is 0. The minimum absolute atomic E-state index is 0.198. The van der Waals surface area contributed by atoms with Crippen LogP contribution < -0.4 is 5.32 Å². The zero-order valence-corrected chi connectivity index (χ0v) is 17.4. The lowest BCUT2D eigenvalue weighted by Crippen LogP contribution is -2.47. The first-order valence-corrected chi connectivity index (χ1v) is 11.9. The summed E-state index contributed by atoms with van der Waals surface area (Å²) >= 11 is 1.66. The van der Waals surface area contributed by atoms with Gasteiger partial charge in [-0.3, -0.25) is 9.69 Å². The van der Waals surface area contributed by atoms with Gasteiger partial charge in [0.1, 0.15) is 0 Å². The summed E-state index contributed by atoms with van der Waals surface area (Å²) in [6, 6.07) is 0.662. The van der Waals surface area contributed by atoms with Crippen molar-refractivity contribution in [2.45, 2.75) is 83.7 Å². The van der Waals surface area contributed by atoms with Crippen LogP contribution in [0.4, 0.5) is 5.13 Å². The van der Waals surface area contributed by atoms with Gasteiger partial charge >= 0.3 is 0 Å². The molecule has 1 saturated heterocycles. The van der Waals surface area contributed by atoms with Crippen LogP contribution in [0.2, 0.25) is 0 Å². The maximum atomic E-state index is 12.8. The number of aromatic nitrogens is 1. The van der Waals surface area contributed by atoms with Crippen LogP contribution in [0.1, 0.15) is 76.0 Å². The lowest BCUT2D eigenvalue weighted by atomic mass is 9.49.